The van der Waals surface area contributed by atoms with Gasteiger partial charge in [0.15, 0.2) is 12.8 Å². The number of halogens is 3. The van der Waals surface area contributed by atoms with Crippen LogP contribution in [0.25, 0.3) is 11.3 Å². The van der Waals surface area contributed by atoms with Crippen LogP contribution in [0.1, 0.15) is 21.6 Å². The first-order valence-electron chi connectivity index (χ1n) is 10.6. The third-order valence-electron chi connectivity index (χ3n) is 5.11. The molecule has 3 aromatic rings. The standard InChI is InChI=1S/C24H19F3N6O3/c1-15-10-17(12-19(11-15)33(35)36-2)23(34)30-18-5-6-22(29-9-7-18)32-21(24(25,26)27)13-20(31-32)16-4-3-8-28-14-16/h3-8,10-14H,9H2,1-2H3/p+1. The Kier molecular flexibility index (Phi) is 6.77. The van der Waals surface area contributed by atoms with Gasteiger partial charge in [0, 0.05) is 41.4 Å². The quantitative estimate of drug-likeness (QED) is 0.528. The van der Waals surface area contributed by atoms with Crippen molar-refractivity contribution in [2.45, 2.75) is 13.1 Å². The van der Waals surface area contributed by atoms with E-state index in [1.54, 1.807) is 37.3 Å². The third-order valence-corrected chi connectivity index (χ3v) is 5.11. The Morgan fingerprint density at radius 3 is 2.69 bits per heavy atom. The molecule has 0 aliphatic carbocycles. The van der Waals surface area contributed by atoms with Crippen molar-refractivity contribution in [2.24, 2.45) is 4.99 Å². The number of benzene rings is 1. The first-order chi connectivity index (χ1) is 17.2. The van der Waals surface area contributed by atoms with E-state index in [2.05, 4.69) is 25.2 Å². The number of carbonyl (C=O) groups is 1. The molecule has 0 fully saturated rings. The van der Waals surface area contributed by atoms with E-state index in [-0.39, 0.29) is 34.2 Å². The lowest BCUT2D eigenvalue weighted by Gasteiger charge is -2.09. The van der Waals surface area contributed by atoms with Gasteiger partial charge in [-0.25, -0.2) is 9.52 Å². The van der Waals surface area contributed by atoms with Crippen molar-refractivity contribution in [3.05, 3.63) is 94.4 Å². The molecule has 0 atom stereocenters. The second kappa shape index (κ2) is 9.94. The van der Waals surface area contributed by atoms with Crippen molar-refractivity contribution in [3.63, 3.8) is 0 Å². The van der Waals surface area contributed by atoms with Gasteiger partial charge in [-0.15, -0.1) is 0 Å². The van der Waals surface area contributed by atoms with Crippen molar-refractivity contribution in [1.29, 1.82) is 0 Å². The fourth-order valence-electron chi connectivity index (χ4n) is 3.47. The zero-order chi connectivity index (χ0) is 25.9. The lowest BCUT2D eigenvalue weighted by atomic mass is 10.1. The van der Waals surface area contributed by atoms with Crippen molar-refractivity contribution >= 4 is 17.4 Å². The zero-order valence-electron chi connectivity index (χ0n) is 19.2. The molecule has 1 amide bonds. The van der Waals surface area contributed by atoms with Crippen LogP contribution in [-0.4, -0.2) is 45.1 Å². The number of aryl methyl sites for hydroxylation is 1. The van der Waals surface area contributed by atoms with Crippen molar-refractivity contribution in [1.82, 2.24) is 20.1 Å². The fourth-order valence-corrected chi connectivity index (χ4v) is 3.47. The van der Waals surface area contributed by atoms with Crippen molar-refractivity contribution < 1.29 is 27.7 Å². The highest BCUT2D eigenvalue weighted by Crippen LogP contribution is 2.32. The van der Waals surface area contributed by atoms with Crippen LogP contribution in [0.15, 0.2) is 77.7 Å². The van der Waals surface area contributed by atoms with E-state index in [9.17, 15) is 22.9 Å². The van der Waals surface area contributed by atoms with Gasteiger partial charge in [-0.2, -0.15) is 18.3 Å². The van der Waals surface area contributed by atoms with Gasteiger partial charge in [0.1, 0.15) is 5.84 Å². The van der Waals surface area contributed by atoms with Gasteiger partial charge in [0.05, 0.1) is 17.1 Å². The topological polar surface area (TPSA) is 101 Å². The molecule has 1 N–H and O–H groups in total. The number of carbonyl (C=O) groups excluding carboxylic acids is 1. The van der Waals surface area contributed by atoms with Crippen LogP contribution >= 0.6 is 0 Å². The lowest BCUT2D eigenvalue weighted by molar-refractivity contribution is -0.736. The minimum absolute atomic E-state index is 0.00555. The predicted octanol–water partition coefficient (Wildman–Crippen LogP) is 4.37. The second-order valence-corrected chi connectivity index (χ2v) is 7.71. The number of hydrogen-bond acceptors (Lipinski definition) is 6. The van der Waals surface area contributed by atoms with Crippen LogP contribution in [0.4, 0.5) is 18.9 Å². The van der Waals surface area contributed by atoms with Crippen molar-refractivity contribution in [3.8, 4) is 11.3 Å². The van der Waals surface area contributed by atoms with Gasteiger partial charge in [0.2, 0.25) is 0 Å². The van der Waals surface area contributed by atoms with E-state index in [0.29, 0.717) is 16.8 Å². The summed E-state index contributed by atoms with van der Waals surface area (Å²) < 4.78 is 42.0. The van der Waals surface area contributed by atoms with Gasteiger partial charge < -0.3 is 5.32 Å². The van der Waals surface area contributed by atoms with Crippen LogP contribution in [0.3, 0.4) is 0 Å². The summed E-state index contributed by atoms with van der Waals surface area (Å²) in [5.41, 5.74) is 0.848. The Morgan fingerprint density at radius 1 is 1.19 bits per heavy atom. The van der Waals surface area contributed by atoms with Crippen LogP contribution in [0.5, 0.6) is 0 Å². The first-order valence-corrected chi connectivity index (χ1v) is 10.6. The van der Waals surface area contributed by atoms with E-state index in [1.807, 2.05) is 0 Å². The monoisotopic (exact) mass is 497 g/mol. The van der Waals surface area contributed by atoms with Crippen LogP contribution in [-0.2, 0) is 11.0 Å². The summed E-state index contributed by atoms with van der Waals surface area (Å²) in [6, 6.07) is 8.65. The van der Waals surface area contributed by atoms with Gasteiger partial charge >= 0.3 is 11.9 Å². The summed E-state index contributed by atoms with van der Waals surface area (Å²) in [6.45, 7) is 1.71. The van der Waals surface area contributed by atoms with Gasteiger partial charge in [0.25, 0.3) is 10.8 Å². The maximum atomic E-state index is 13.8. The number of nitrogens with zero attached hydrogens (tertiary/aromatic N) is 5. The molecule has 2 aromatic heterocycles. The van der Waals surface area contributed by atoms with E-state index in [1.165, 1.54) is 37.7 Å². The molecule has 184 valence electrons. The zero-order valence-corrected chi connectivity index (χ0v) is 19.2. The summed E-state index contributed by atoms with van der Waals surface area (Å²) >= 11 is 0. The minimum atomic E-state index is -4.68. The molecule has 1 aliphatic rings. The summed E-state index contributed by atoms with van der Waals surface area (Å²) in [5.74, 6) is -0.573. The highest BCUT2D eigenvalue weighted by Gasteiger charge is 2.37. The van der Waals surface area contributed by atoms with Gasteiger partial charge in [-0.05, 0) is 55.0 Å². The van der Waals surface area contributed by atoms with E-state index < -0.39 is 17.8 Å². The third kappa shape index (κ3) is 5.37. The maximum Gasteiger partial charge on any atom is 0.433 e. The van der Waals surface area contributed by atoms with Crippen molar-refractivity contribution in [2.75, 3.05) is 13.7 Å². The van der Waals surface area contributed by atoms with Crippen LogP contribution in [0.2, 0.25) is 0 Å². The highest BCUT2D eigenvalue weighted by molar-refractivity contribution is 5.98. The summed E-state index contributed by atoms with van der Waals surface area (Å²) in [7, 11) is 1.21. The number of hydrogen-bond donors (Lipinski definition) is 1. The SMILES string of the molecule is CO[N+](=O)c1cc(C)cc(C(=O)NC2=CCN=C(n3nc(-c4cccnc4)cc3C(F)(F)F)C=C2)c1. The number of amides is 1. The average Bonchev–Trinajstić information content (AvgIpc) is 3.19. The largest absolute Gasteiger partial charge is 0.433 e. The molecule has 12 heteroatoms. The second-order valence-electron chi connectivity index (χ2n) is 7.71. The average molecular weight is 497 g/mol. The minimum Gasteiger partial charge on any atom is -0.322 e. The van der Waals surface area contributed by atoms with Gasteiger partial charge in [-0.3, -0.25) is 14.8 Å². The van der Waals surface area contributed by atoms with Gasteiger partial charge in [-0.1, -0.05) is 0 Å². The molecule has 0 saturated heterocycles. The molecule has 0 saturated carbocycles. The molecular formula is C24H20F3N6O3+. The number of nitrogens with one attached hydrogen (secondary N) is 1. The number of rotatable bonds is 5. The Morgan fingerprint density at radius 2 is 2.00 bits per heavy atom. The molecule has 36 heavy (non-hydrogen) atoms. The number of aliphatic imine (C=N–C) groups is 1. The molecule has 4 rings (SSSR count). The fraction of sp³-hybridized carbons (Fsp3) is 0.167. The number of aromatic nitrogens is 3. The highest BCUT2D eigenvalue weighted by atomic mass is 19.4. The lowest BCUT2D eigenvalue weighted by Crippen LogP contribution is -2.22. The van der Waals surface area contributed by atoms with E-state index in [0.717, 1.165) is 10.7 Å². The molecular weight excluding hydrogens is 477 g/mol. The van der Waals surface area contributed by atoms with Crippen LogP contribution in [0, 0.1) is 11.8 Å². The normalized spacial score (nSPS) is 13.5. The number of pyridine rings is 1. The van der Waals surface area contributed by atoms with E-state index in [4.69, 9.17) is 0 Å². The molecule has 1 aliphatic heterocycles. The maximum absolute atomic E-state index is 13.8. The summed E-state index contributed by atoms with van der Waals surface area (Å²) in [4.78, 5) is 37.6. The molecule has 1 aromatic carbocycles. The Labute approximate surface area is 203 Å². The molecule has 0 bridgehead atoms. The number of allylic oxidation sites excluding steroid dienone is 2. The molecule has 3 heterocycles. The van der Waals surface area contributed by atoms with E-state index >= 15 is 0 Å². The van der Waals surface area contributed by atoms with Crippen LogP contribution < -0.4 is 5.32 Å². The summed E-state index contributed by atoms with van der Waals surface area (Å²) in [5, 5.41) is 6.78. The molecule has 0 spiro atoms. The molecule has 0 unspecified atom stereocenters. The Bertz CT molecular complexity index is 1410. The predicted molar refractivity (Wildman–Crippen MR) is 124 cm³/mol. The summed E-state index contributed by atoms with van der Waals surface area (Å²) in [6.07, 6.45) is 2.56. The number of alkyl halides is 3. The first kappa shape index (κ1) is 24.5. The smallest absolute Gasteiger partial charge is 0.322 e. The molecule has 9 nitrogen and oxygen atoms in total. The Balaban J connectivity index is 1.58. The molecule has 0 radical (unpaired) electrons. The Hall–Kier alpha value is -4.61.